The van der Waals surface area contributed by atoms with Crippen molar-refractivity contribution >= 4 is 0 Å². The highest BCUT2D eigenvalue weighted by atomic mass is 16.5. The second-order valence-corrected chi connectivity index (χ2v) is 4.10. The van der Waals surface area contributed by atoms with E-state index in [9.17, 15) is 10.2 Å². The lowest BCUT2D eigenvalue weighted by Crippen LogP contribution is -2.01. The Balaban J connectivity index is 2.69. The number of nitrogens with one attached hydrogen (secondary N) is 1. The zero-order valence-corrected chi connectivity index (χ0v) is 10.0. The predicted octanol–water partition coefficient (Wildman–Crippen LogP) is 1.38. The third kappa shape index (κ3) is 2.07. The van der Waals surface area contributed by atoms with E-state index in [4.69, 9.17) is 0 Å². The van der Waals surface area contributed by atoms with E-state index in [0.29, 0.717) is 5.56 Å². The normalized spacial score (nSPS) is 11.2. The van der Waals surface area contributed by atoms with Gasteiger partial charge in [0.15, 0.2) is 6.29 Å². The average molecular weight is 233 g/mol. The van der Waals surface area contributed by atoms with E-state index in [1.807, 2.05) is 26.8 Å². The molecule has 90 valence electrons. The molecule has 0 amide bonds. The average Bonchev–Trinajstić information content (AvgIpc) is 2.58. The molecule has 0 atom stereocenters. The van der Waals surface area contributed by atoms with Crippen molar-refractivity contribution in [2.45, 2.75) is 27.1 Å². The SMILES string of the molecule is Cc1cc(-c2c(C)n[nH]c2C)c(C(O)O)cn1. The molecule has 2 rings (SSSR count). The summed E-state index contributed by atoms with van der Waals surface area (Å²) in [5.41, 5.74) is 4.60. The lowest BCUT2D eigenvalue weighted by Gasteiger charge is -2.11. The smallest absolute Gasteiger partial charge is 0.180 e. The van der Waals surface area contributed by atoms with Crippen LogP contribution in [-0.2, 0) is 0 Å². The quantitative estimate of drug-likeness (QED) is 0.684. The van der Waals surface area contributed by atoms with Crippen LogP contribution in [0.25, 0.3) is 11.1 Å². The van der Waals surface area contributed by atoms with Gasteiger partial charge in [-0.3, -0.25) is 10.1 Å². The molecule has 0 saturated heterocycles. The summed E-state index contributed by atoms with van der Waals surface area (Å²) in [6.45, 7) is 5.64. The highest BCUT2D eigenvalue weighted by Gasteiger charge is 2.17. The molecule has 17 heavy (non-hydrogen) atoms. The largest absolute Gasteiger partial charge is 0.364 e. The lowest BCUT2D eigenvalue weighted by atomic mass is 9.99. The summed E-state index contributed by atoms with van der Waals surface area (Å²) < 4.78 is 0. The van der Waals surface area contributed by atoms with Crippen LogP contribution >= 0.6 is 0 Å². The molecule has 5 nitrogen and oxygen atoms in total. The van der Waals surface area contributed by atoms with Crippen molar-refractivity contribution in [2.75, 3.05) is 0 Å². The highest BCUT2D eigenvalue weighted by molar-refractivity contribution is 5.71. The first kappa shape index (κ1) is 11.8. The van der Waals surface area contributed by atoms with Crippen LogP contribution < -0.4 is 0 Å². The predicted molar refractivity (Wildman–Crippen MR) is 63.2 cm³/mol. The van der Waals surface area contributed by atoms with E-state index in [-0.39, 0.29) is 0 Å². The summed E-state index contributed by atoms with van der Waals surface area (Å²) in [7, 11) is 0. The number of aryl methyl sites for hydroxylation is 3. The van der Waals surface area contributed by atoms with Crippen LogP contribution in [0.15, 0.2) is 12.3 Å². The third-order valence-electron chi connectivity index (χ3n) is 2.75. The Morgan fingerprint density at radius 1 is 1.24 bits per heavy atom. The molecule has 0 aliphatic carbocycles. The number of H-pyrrole nitrogens is 1. The molecule has 0 aliphatic heterocycles. The highest BCUT2D eigenvalue weighted by Crippen LogP contribution is 2.31. The van der Waals surface area contributed by atoms with Crippen LogP contribution in [0, 0.1) is 20.8 Å². The molecule has 2 aromatic rings. The van der Waals surface area contributed by atoms with Gasteiger partial charge in [0.05, 0.1) is 5.69 Å². The molecule has 0 radical (unpaired) electrons. The summed E-state index contributed by atoms with van der Waals surface area (Å²) in [5.74, 6) is 0. The summed E-state index contributed by atoms with van der Waals surface area (Å²) in [5, 5.41) is 25.7. The molecule has 2 heterocycles. The van der Waals surface area contributed by atoms with Crippen LogP contribution in [0.1, 0.15) is 28.9 Å². The fourth-order valence-corrected chi connectivity index (χ4v) is 1.94. The standard InChI is InChI=1S/C12H15N3O2/c1-6-4-9(10(5-13-6)12(16)17)11-7(2)14-15-8(11)3/h4-5,12,16-17H,1-3H3,(H,14,15). The van der Waals surface area contributed by atoms with E-state index in [1.54, 1.807) is 0 Å². The molecular formula is C12H15N3O2. The number of aliphatic hydroxyl groups excluding tert-OH is 1. The summed E-state index contributed by atoms with van der Waals surface area (Å²) in [6, 6.07) is 1.83. The zero-order valence-electron chi connectivity index (χ0n) is 10.0. The Kier molecular flexibility index (Phi) is 2.95. The Labute approximate surface area is 99.2 Å². The number of nitrogens with zero attached hydrogens (tertiary/aromatic N) is 2. The number of hydrogen-bond acceptors (Lipinski definition) is 4. The summed E-state index contributed by atoms with van der Waals surface area (Å²) in [6.07, 6.45) is -0.0481. The Hall–Kier alpha value is -1.72. The molecule has 0 fully saturated rings. The number of hydrogen-bond donors (Lipinski definition) is 3. The van der Waals surface area contributed by atoms with E-state index in [2.05, 4.69) is 15.2 Å². The molecule has 3 N–H and O–H groups in total. The fraction of sp³-hybridized carbons (Fsp3) is 0.333. The Bertz CT molecular complexity index is 527. The van der Waals surface area contributed by atoms with Gasteiger partial charge in [-0.05, 0) is 32.4 Å². The van der Waals surface area contributed by atoms with Gasteiger partial charge in [-0.2, -0.15) is 5.10 Å². The second-order valence-electron chi connectivity index (χ2n) is 4.10. The van der Waals surface area contributed by atoms with Gasteiger partial charge in [0.1, 0.15) is 0 Å². The van der Waals surface area contributed by atoms with E-state index in [1.165, 1.54) is 6.20 Å². The van der Waals surface area contributed by atoms with Crippen molar-refractivity contribution in [3.05, 3.63) is 34.9 Å². The van der Waals surface area contributed by atoms with Crippen LogP contribution in [0.5, 0.6) is 0 Å². The molecule has 0 spiro atoms. The molecule has 2 aromatic heterocycles. The Morgan fingerprint density at radius 2 is 1.94 bits per heavy atom. The maximum atomic E-state index is 9.36. The monoisotopic (exact) mass is 233 g/mol. The number of pyridine rings is 1. The second kappa shape index (κ2) is 4.27. The molecule has 0 aromatic carbocycles. The van der Waals surface area contributed by atoms with Crippen molar-refractivity contribution in [3.63, 3.8) is 0 Å². The molecule has 5 heteroatoms. The van der Waals surface area contributed by atoms with E-state index < -0.39 is 6.29 Å². The van der Waals surface area contributed by atoms with Gasteiger partial charge in [0.25, 0.3) is 0 Å². The number of aromatic nitrogens is 3. The summed E-state index contributed by atoms with van der Waals surface area (Å²) >= 11 is 0. The molecule has 0 saturated carbocycles. The fourth-order valence-electron chi connectivity index (χ4n) is 1.94. The van der Waals surface area contributed by atoms with Gasteiger partial charge < -0.3 is 10.2 Å². The first-order valence-electron chi connectivity index (χ1n) is 5.35. The van der Waals surface area contributed by atoms with Gasteiger partial charge in [-0.25, -0.2) is 0 Å². The van der Waals surface area contributed by atoms with Crippen LogP contribution in [0.3, 0.4) is 0 Å². The van der Waals surface area contributed by atoms with Gasteiger partial charge in [0.2, 0.25) is 0 Å². The Morgan fingerprint density at radius 3 is 2.47 bits per heavy atom. The molecule has 0 unspecified atom stereocenters. The molecule has 0 bridgehead atoms. The van der Waals surface area contributed by atoms with Crippen molar-refractivity contribution in [3.8, 4) is 11.1 Å². The molecular weight excluding hydrogens is 218 g/mol. The maximum Gasteiger partial charge on any atom is 0.180 e. The first-order chi connectivity index (χ1) is 8.00. The van der Waals surface area contributed by atoms with Crippen molar-refractivity contribution in [1.82, 2.24) is 15.2 Å². The van der Waals surface area contributed by atoms with Gasteiger partial charge in [-0.1, -0.05) is 0 Å². The van der Waals surface area contributed by atoms with Gasteiger partial charge in [-0.15, -0.1) is 0 Å². The minimum absolute atomic E-state index is 0.392. The molecule has 0 aliphatic rings. The van der Waals surface area contributed by atoms with Crippen LogP contribution in [-0.4, -0.2) is 25.4 Å². The van der Waals surface area contributed by atoms with Crippen molar-refractivity contribution in [2.24, 2.45) is 0 Å². The third-order valence-corrected chi connectivity index (χ3v) is 2.75. The van der Waals surface area contributed by atoms with E-state index in [0.717, 1.165) is 28.2 Å². The maximum absolute atomic E-state index is 9.36. The van der Waals surface area contributed by atoms with Crippen LogP contribution in [0.4, 0.5) is 0 Å². The summed E-state index contributed by atoms with van der Waals surface area (Å²) in [4.78, 5) is 4.08. The van der Waals surface area contributed by atoms with Crippen LogP contribution in [0.2, 0.25) is 0 Å². The number of aliphatic hydroxyl groups is 2. The lowest BCUT2D eigenvalue weighted by molar-refractivity contribution is -0.0422. The van der Waals surface area contributed by atoms with Gasteiger partial charge >= 0.3 is 0 Å². The number of aromatic amines is 1. The first-order valence-corrected chi connectivity index (χ1v) is 5.35. The van der Waals surface area contributed by atoms with Crippen molar-refractivity contribution < 1.29 is 10.2 Å². The van der Waals surface area contributed by atoms with E-state index >= 15 is 0 Å². The topological polar surface area (TPSA) is 82.0 Å². The van der Waals surface area contributed by atoms with Gasteiger partial charge in [0, 0.05) is 28.7 Å². The minimum Gasteiger partial charge on any atom is -0.364 e. The zero-order chi connectivity index (χ0) is 12.6. The number of rotatable bonds is 2. The van der Waals surface area contributed by atoms with Crippen molar-refractivity contribution in [1.29, 1.82) is 0 Å². The minimum atomic E-state index is -1.54.